The summed E-state index contributed by atoms with van der Waals surface area (Å²) in [7, 11) is -4.62. The van der Waals surface area contributed by atoms with Crippen molar-refractivity contribution in [1.82, 2.24) is 0 Å². The molecule has 0 aliphatic rings. The van der Waals surface area contributed by atoms with E-state index >= 15 is 0 Å². The van der Waals surface area contributed by atoms with Gasteiger partial charge in [-0.05, 0) is 64.2 Å². The Morgan fingerprint density at radius 1 is 0.556 bits per heavy atom. The lowest BCUT2D eigenvalue weighted by Gasteiger charge is -2.20. The van der Waals surface area contributed by atoms with Crippen molar-refractivity contribution in [2.45, 2.75) is 199 Å². The quantitative estimate of drug-likeness (QED) is 0.0237. The molecule has 3 unspecified atom stereocenters. The molecule has 0 bridgehead atoms. The fourth-order valence-electron chi connectivity index (χ4n) is 5.67. The number of aliphatic hydroxyl groups is 2. The smallest absolute Gasteiger partial charge is 0.462 e. The van der Waals surface area contributed by atoms with Gasteiger partial charge in [-0.25, -0.2) is 4.57 Å². The molecule has 0 aliphatic heterocycles. The monoisotopic (exact) mass is 787 g/mol. The first-order valence-electron chi connectivity index (χ1n) is 21.4. The van der Waals surface area contributed by atoms with Crippen LogP contribution in [-0.4, -0.2) is 65.7 Å². The normalized spacial score (nSPS) is 14.2. The van der Waals surface area contributed by atoms with Gasteiger partial charge in [-0.15, -0.1) is 0 Å². The molecule has 0 spiro atoms. The van der Waals surface area contributed by atoms with Crippen molar-refractivity contribution in [3.8, 4) is 0 Å². The molecular formula is C43H79O10P. The predicted molar refractivity (Wildman–Crippen MR) is 219 cm³/mol. The molecule has 10 nitrogen and oxygen atoms in total. The van der Waals surface area contributed by atoms with Crippen molar-refractivity contribution in [2.75, 3.05) is 26.4 Å². The van der Waals surface area contributed by atoms with Gasteiger partial charge in [0.25, 0.3) is 0 Å². The Balaban J connectivity index is 4.29. The van der Waals surface area contributed by atoms with Crippen molar-refractivity contribution in [2.24, 2.45) is 0 Å². The average Bonchev–Trinajstić information content (AvgIpc) is 3.16. The number of esters is 2. The van der Waals surface area contributed by atoms with Crippen molar-refractivity contribution in [1.29, 1.82) is 0 Å². The Bertz CT molecular complexity index is 999. The van der Waals surface area contributed by atoms with Gasteiger partial charge in [-0.2, -0.15) is 0 Å². The van der Waals surface area contributed by atoms with Gasteiger partial charge >= 0.3 is 19.8 Å². The zero-order valence-corrected chi connectivity index (χ0v) is 35.1. The Labute approximate surface area is 329 Å². The molecule has 0 aliphatic carbocycles. The fourth-order valence-corrected chi connectivity index (χ4v) is 6.46. The summed E-state index contributed by atoms with van der Waals surface area (Å²) in [4.78, 5) is 34.9. The number of allylic oxidation sites excluding steroid dienone is 6. The van der Waals surface area contributed by atoms with Crippen molar-refractivity contribution >= 4 is 19.8 Å². The van der Waals surface area contributed by atoms with Crippen LogP contribution in [0.4, 0.5) is 0 Å². The highest BCUT2D eigenvalue weighted by Crippen LogP contribution is 2.43. The molecule has 0 heterocycles. The van der Waals surface area contributed by atoms with E-state index in [-0.39, 0.29) is 19.4 Å². The van der Waals surface area contributed by atoms with E-state index in [9.17, 15) is 24.2 Å². The topological polar surface area (TPSA) is 149 Å². The van der Waals surface area contributed by atoms with E-state index in [1.807, 2.05) is 0 Å². The van der Waals surface area contributed by atoms with Gasteiger partial charge in [-0.1, -0.05) is 147 Å². The van der Waals surface area contributed by atoms with Crippen LogP contribution in [0.25, 0.3) is 0 Å². The minimum Gasteiger partial charge on any atom is -0.462 e. The maximum absolute atomic E-state index is 12.6. The molecule has 54 heavy (non-hydrogen) atoms. The first-order chi connectivity index (χ1) is 26.2. The summed E-state index contributed by atoms with van der Waals surface area (Å²) in [6, 6.07) is 0. The zero-order chi connectivity index (χ0) is 39.8. The van der Waals surface area contributed by atoms with Gasteiger partial charge in [0.2, 0.25) is 0 Å². The molecule has 0 radical (unpaired) electrons. The molecule has 3 atom stereocenters. The zero-order valence-electron chi connectivity index (χ0n) is 34.2. The lowest BCUT2D eigenvalue weighted by Crippen LogP contribution is -2.29. The second-order valence-electron chi connectivity index (χ2n) is 14.4. The van der Waals surface area contributed by atoms with E-state index in [4.69, 9.17) is 19.1 Å². The van der Waals surface area contributed by atoms with Crippen molar-refractivity contribution < 1.29 is 47.8 Å². The van der Waals surface area contributed by atoms with E-state index in [2.05, 4.69) is 54.8 Å². The molecule has 11 heteroatoms. The third-order valence-electron chi connectivity index (χ3n) is 9.00. The van der Waals surface area contributed by atoms with Crippen molar-refractivity contribution in [3.63, 3.8) is 0 Å². The lowest BCUT2D eigenvalue weighted by molar-refractivity contribution is -0.161. The van der Waals surface area contributed by atoms with Crippen molar-refractivity contribution in [3.05, 3.63) is 36.5 Å². The van der Waals surface area contributed by atoms with Crippen LogP contribution in [0.3, 0.4) is 0 Å². The Morgan fingerprint density at radius 2 is 1.00 bits per heavy atom. The predicted octanol–water partition coefficient (Wildman–Crippen LogP) is 11.2. The van der Waals surface area contributed by atoms with Gasteiger partial charge in [-0.3, -0.25) is 18.6 Å². The number of ether oxygens (including phenoxy) is 2. The molecule has 0 aromatic rings. The summed E-state index contributed by atoms with van der Waals surface area (Å²) in [5, 5.41) is 18.3. The number of carbonyl (C=O) groups is 2. The van der Waals surface area contributed by atoms with Gasteiger partial charge in [0.15, 0.2) is 6.10 Å². The maximum Gasteiger partial charge on any atom is 0.472 e. The largest absolute Gasteiger partial charge is 0.472 e. The highest BCUT2D eigenvalue weighted by molar-refractivity contribution is 7.47. The minimum absolute atomic E-state index is 0.167. The van der Waals surface area contributed by atoms with Gasteiger partial charge in [0.1, 0.15) is 12.7 Å². The van der Waals surface area contributed by atoms with Crippen LogP contribution in [0.2, 0.25) is 0 Å². The molecular weight excluding hydrogens is 707 g/mol. The number of phosphoric ester groups is 1. The first-order valence-corrected chi connectivity index (χ1v) is 22.9. The second kappa shape index (κ2) is 39.4. The number of hydrogen-bond acceptors (Lipinski definition) is 9. The molecule has 0 rings (SSSR count). The SMILES string of the molecule is CCC/C=C\C/C=C\CCCCCCCC(=O)OC(COC(=O)CCCCCCCCC/C=C\CCCCCCCCC)COP(=O)(O)OCC(O)CO. The summed E-state index contributed by atoms with van der Waals surface area (Å²) in [5.74, 6) is -0.945. The van der Waals surface area contributed by atoms with E-state index in [0.717, 1.165) is 70.6 Å². The molecule has 0 saturated carbocycles. The van der Waals surface area contributed by atoms with Gasteiger partial charge < -0.3 is 24.6 Å². The standard InChI is InChI=1S/C43H79O10P/c1-3-5-7-9-11-13-15-17-18-19-20-21-23-24-26-28-30-32-34-42(46)50-38-41(39-52-54(48,49)51-37-40(45)36-44)53-43(47)35-33-31-29-27-25-22-16-14-12-10-8-6-4-2/h8,10,14,16,18-19,40-41,44-45H,3-7,9,11-13,15,17,20-39H2,1-2H3,(H,48,49)/b10-8-,16-14-,19-18-. The van der Waals surface area contributed by atoms with Crippen LogP contribution in [-0.2, 0) is 32.7 Å². The van der Waals surface area contributed by atoms with Crippen LogP contribution in [0.5, 0.6) is 0 Å². The number of hydrogen-bond donors (Lipinski definition) is 3. The highest BCUT2D eigenvalue weighted by atomic mass is 31.2. The van der Waals surface area contributed by atoms with E-state index < -0.39 is 51.8 Å². The molecule has 0 fully saturated rings. The summed E-state index contributed by atoms with van der Waals surface area (Å²) >= 11 is 0. The van der Waals surface area contributed by atoms with E-state index in [1.54, 1.807) is 0 Å². The van der Waals surface area contributed by atoms with E-state index in [1.165, 1.54) is 77.0 Å². The lowest BCUT2D eigenvalue weighted by atomic mass is 10.1. The first kappa shape index (κ1) is 52.2. The fraction of sp³-hybridized carbons (Fsp3) is 0.814. The van der Waals surface area contributed by atoms with Crippen LogP contribution in [0.1, 0.15) is 187 Å². The molecule has 0 amide bonds. The summed E-state index contributed by atoms with van der Waals surface area (Å²) < 4.78 is 32.7. The van der Waals surface area contributed by atoms with Crippen LogP contribution in [0.15, 0.2) is 36.5 Å². The second-order valence-corrected chi connectivity index (χ2v) is 15.8. The molecule has 0 aromatic carbocycles. The molecule has 316 valence electrons. The van der Waals surface area contributed by atoms with Crippen LogP contribution >= 0.6 is 7.82 Å². The average molecular weight is 787 g/mol. The van der Waals surface area contributed by atoms with Crippen LogP contribution in [0, 0.1) is 0 Å². The summed E-state index contributed by atoms with van der Waals surface area (Å²) in [6.45, 7) is 2.29. The van der Waals surface area contributed by atoms with E-state index in [0.29, 0.717) is 12.8 Å². The Kier molecular flexibility index (Phi) is 38.1. The maximum atomic E-state index is 12.6. The number of aliphatic hydroxyl groups excluding tert-OH is 2. The van der Waals surface area contributed by atoms with Crippen LogP contribution < -0.4 is 0 Å². The molecule has 3 N–H and O–H groups in total. The number of carbonyl (C=O) groups excluding carboxylic acids is 2. The summed E-state index contributed by atoms with van der Waals surface area (Å²) in [6.07, 6.45) is 39.7. The molecule has 0 aromatic heterocycles. The third kappa shape index (κ3) is 38.5. The minimum atomic E-state index is -4.62. The Hall–Kier alpha value is -1.81. The summed E-state index contributed by atoms with van der Waals surface area (Å²) in [5.41, 5.74) is 0. The number of phosphoric acid groups is 1. The van der Waals surface area contributed by atoms with Gasteiger partial charge in [0, 0.05) is 12.8 Å². The number of unbranched alkanes of at least 4 members (excludes halogenated alkanes) is 20. The highest BCUT2D eigenvalue weighted by Gasteiger charge is 2.27. The van der Waals surface area contributed by atoms with Gasteiger partial charge in [0.05, 0.1) is 19.8 Å². The molecule has 0 saturated heterocycles. The number of rotatable bonds is 40. The Morgan fingerprint density at radius 3 is 1.52 bits per heavy atom. The third-order valence-corrected chi connectivity index (χ3v) is 9.95.